The van der Waals surface area contributed by atoms with Crippen LogP contribution in [-0.2, 0) is 30.5 Å². The SMILES string of the molecule is ClC(Cl)(c1ccccc1)c1ccccc1.[Zr+2].c1cc[cH-]c1.c1ccc2[cH-]ccc2c1. The van der Waals surface area contributed by atoms with E-state index in [2.05, 4.69) is 42.5 Å². The van der Waals surface area contributed by atoms with Gasteiger partial charge in [-0.05, 0) is 11.1 Å². The second-order valence-corrected chi connectivity index (χ2v) is 7.75. The van der Waals surface area contributed by atoms with Crippen LogP contribution in [0.15, 0.2) is 133 Å². The van der Waals surface area contributed by atoms with E-state index in [1.807, 2.05) is 91.0 Å². The van der Waals surface area contributed by atoms with Gasteiger partial charge in [0.05, 0.1) is 0 Å². The van der Waals surface area contributed by atoms with Gasteiger partial charge in [-0.25, -0.2) is 12.1 Å². The van der Waals surface area contributed by atoms with Gasteiger partial charge in [0.1, 0.15) is 0 Å². The summed E-state index contributed by atoms with van der Waals surface area (Å²) in [4.78, 5) is 0. The van der Waals surface area contributed by atoms with E-state index in [4.69, 9.17) is 23.2 Å². The molecule has 0 saturated heterocycles. The van der Waals surface area contributed by atoms with Crippen molar-refractivity contribution in [1.82, 2.24) is 0 Å². The maximum Gasteiger partial charge on any atom is 2.00 e. The van der Waals surface area contributed by atoms with Crippen molar-refractivity contribution < 1.29 is 26.2 Å². The van der Waals surface area contributed by atoms with Crippen LogP contribution < -0.4 is 0 Å². The third-order valence-corrected chi connectivity index (χ3v) is 5.25. The third kappa shape index (κ3) is 7.10. The van der Waals surface area contributed by atoms with Gasteiger partial charge in [0.25, 0.3) is 0 Å². The fourth-order valence-corrected chi connectivity index (χ4v) is 3.36. The number of rotatable bonds is 2. The van der Waals surface area contributed by atoms with Crippen molar-refractivity contribution in [2.45, 2.75) is 4.33 Å². The maximum atomic E-state index is 6.35. The van der Waals surface area contributed by atoms with Crippen molar-refractivity contribution in [2.24, 2.45) is 0 Å². The molecule has 0 nitrogen and oxygen atoms in total. The second-order valence-electron chi connectivity index (χ2n) is 6.42. The summed E-state index contributed by atoms with van der Waals surface area (Å²) in [5, 5.41) is 2.66. The zero-order valence-electron chi connectivity index (χ0n) is 16.5. The minimum atomic E-state index is -0.970. The molecule has 5 rings (SSSR count). The largest absolute Gasteiger partial charge is 2.00 e. The molecule has 0 unspecified atom stereocenters. The van der Waals surface area contributed by atoms with Crippen molar-refractivity contribution in [2.75, 3.05) is 0 Å². The Kier molecular flexibility index (Phi) is 10.3. The molecular weight excluding hydrogens is 486 g/mol. The number of halogens is 2. The monoisotopic (exact) mass is 506 g/mol. The van der Waals surface area contributed by atoms with Gasteiger partial charge >= 0.3 is 26.2 Å². The summed E-state index contributed by atoms with van der Waals surface area (Å²) in [5.74, 6) is 0. The molecule has 0 N–H and O–H groups in total. The third-order valence-electron chi connectivity index (χ3n) is 4.38. The molecule has 5 aromatic carbocycles. The summed E-state index contributed by atoms with van der Waals surface area (Å²) in [6.07, 6.45) is 0. The minimum absolute atomic E-state index is 0. The van der Waals surface area contributed by atoms with Crippen LogP contribution >= 0.6 is 23.2 Å². The number of hydrogen-bond donors (Lipinski definition) is 0. The smallest absolute Gasteiger partial charge is 0.214 e. The quantitative estimate of drug-likeness (QED) is 0.166. The Labute approximate surface area is 207 Å². The van der Waals surface area contributed by atoms with Crippen molar-refractivity contribution >= 4 is 34.0 Å². The fourth-order valence-electron chi connectivity index (χ4n) is 2.85. The summed E-state index contributed by atoms with van der Waals surface area (Å²) in [6.45, 7) is 0. The fraction of sp³-hybridized carbons (Fsp3) is 0.0370. The summed E-state index contributed by atoms with van der Waals surface area (Å²) in [5.41, 5.74) is 1.78. The molecule has 0 radical (unpaired) electrons. The Balaban J connectivity index is 0.000000180. The average molecular weight is 509 g/mol. The first-order valence-corrected chi connectivity index (χ1v) is 10.2. The van der Waals surface area contributed by atoms with E-state index < -0.39 is 4.33 Å². The van der Waals surface area contributed by atoms with Crippen LogP contribution in [0.3, 0.4) is 0 Å². The van der Waals surface area contributed by atoms with Crippen molar-refractivity contribution in [1.29, 1.82) is 0 Å². The van der Waals surface area contributed by atoms with E-state index in [1.165, 1.54) is 10.8 Å². The Morgan fingerprint density at radius 3 is 1.50 bits per heavy atom. The van der Waals surface area contributed by atoms with Gasteiger partial charge in [-0.3, -0.25) is 0 Å². The minimum Gasteiger partial charge on any atom is -0.214 e. The number of hydrogen-bond acceptors (Lipinski definition) is 0. The average Bonchev–Trinajstić information content (AvgIpc) is 3.50. The predicted octanol–water partition coefficient (Wildman–Crippen LogP) is 8.33. The first kappa shape index (κ1) is 24.4. The van der Waals surface area contributed by atoms with E-state index >= 15 is 0 Å². The topological polar surface area (TPSA) is 0 Å². The van der Waals surface area contributed by atoms with Crippen LogP contribution in [0.25, 0.3) is 10.8 Å². The van der Waals surface area contributed by atoms with Gasteiger partial charge in [0.2, 0.25) is 0 Å². The molecule has 0 aliphatic carbocycles. The van der Waals surface area contributed by atoms with Gasteiger partial charge < -0.3 is 0 Å². The van der Waals surface area contributed by atoms with Gasteiger partial charge in [-0.1, -0.05) is 89.9 Å². The maximum absolute atomic E-state index is 6.35. The first-order valence-electron chi connectivity index (χ1n) is 9.44. The molecule has 0 aliphatic rings. The van der Waals surface area contributed by atoms with E-state index in [1.54, 1.807) is 0 Å². The molecule has 0 heterocycles. The summed E-state index contributed by atoms with van der Waals surface area (Å²) < 4.78 is -0.970. The standard InChI is InChI=1S/C13H10Cl2.C9H7.C5H5.Zr/c14-13(15,11-7-3-1-4-8-11)12-9-5-2-6-10-12;1-2-5-9-7-3-6-8(9)4-1;1-2-4-5-3-1;/h1-10H;1-7H;1-5H;/q;2*-1;+2. The van der Waals surface area contributed by atoms with Crippen molar-refractivity contribution in [3.8, 4) is 0 Å². The van der Waals surface area contributed by atoms with Crippen LogP contribution in [0.1, 0.15) is 11.1 Å². The molecule has 148 valence electrons. The van der Waals surface area contributed by atoms with Crippen molar-refractivity contribution in [3.05, 3.63) is 145 Å². The molecule has 0 bridgehead atoms. The van der Waals surface area contributed by atoms with Crippen LogP contribution in [0.5, 0.6) is 0 Å². The first-order chi connectivity index (χ1) is 14.2. The van der Waals surface area contributed by atoms with E-state index in [0.717, 1.165) is 11.1 Å². The molecule has 3 heteroatoms. The molecule has 0 amide bonds. The van der Waals surface area contributed by atoms with Crippen LogP contribution in [0, 0.1) is 0 Å². The van der Waals surface area contributed by atoms with Gasteiger partial charge in [-0.2, -0.15) is 35.7 Å². The van der Waals surface area contributed by atoms with E-state index in [9.17, 15) is 0 Å². The molecule has 30 heavy (non-hydrogen) atoms. The van der Waals surface area contributed by atoms with Crippen LogP contribution in [0.4, 0.5) is 0 Å². The molecule has 0 fully saturated rings. The summed E-state index contributed by atoms with van der Waals surface area (Å²) >= 11 is 12.7. The Morgan fingerprint density at radius 1 is 0.533 bits per heavy atom. The molecule has 0 saturated carbocycles. The Bertz CT molecular complexity index is 977. The van der Waals surface area contributed by atoms with Gasteiger partial charge in [0.15, 0.2) is 4.33 Å². The molecule has 0 aromatic heterocycles. The number of benzene rings is 3. The molecule has 0 spiro atoms. The Hall–Kier alpha value is -1.92. The molecular formula is C27H22Cl2Zr. The van der Waals surface area contributed by atoms with Crippen molar-refractivity contribution in [3.63, 3.8) is 0 Å². The number of alkyl halides is 2. The molecule has 0 atom stereocenters. The second kappa shape index (κ2) is 12.7. The molecule has 5 aromatic rings. The number of fused-ring (bicyclic) bond motifs is 1. The predicted molar refractivity (Wildman–Crippen MR) is 127 cm³/mol. The van der Waals surface area contributed by atoms with Gasteiger partial charge in [-0.15, -0.1) is 29.7 Å². The van der Waals surface area contributed by atoms with E-state index in [0.29, 0.717) is 0 Å². The normalized spacial score (nSPS) is 10.1. The van der Waals surface area contributed by atoms with E-state index in [-0.39, 0.29) is 26.2 Å². The zero-order valence-corrected chi connectivity index (χ0v) is 20.4. The Morgan fingerprint density at radius 2 is 1.03 bits per heavy atom. The van der Waals surface area contributed by atoms with Gasteiger partial charge in [0, 0.05) is 0 Å². The zero-order chi connectivity index (χ0) is 20.4. The summed E-state index contributed by atoms with van der Waals surface area (Å²) in [7, 11) is 0. The summed E-state index contributed by atoms with van der Waals surface area (Å²) in [6, 6.07) is 44.0. The van der Waals surface area contributed by atoms with Crippen LogP contribution in [0.2, 0.25) is 0 Å². The molecule has 0 aliphatic heterocycles. The van der Waals surface area contributed by atoms with Crippen LogP contribution in [-0.4, -0.2) is 0 Å².